The molecule has 0 aliphatic heterocycles. The van der Waals surface area contributed by atoms with Crippen molar-refractivity contribution in [3.05, 3.63) is 59.4 Å². The lowest BCUT2D eigenvalue weighted by molar-refractivity contribution is -0.137. The van der Waals surface area contributed by atoms with Crippen molar-refractivity contribution in [3.63, 3.8) is 0 Å². The third-order valence-electron chi connectivity index (χ3n) is 3.45. The number of carbonyl (C=O) groups is 1. The summed E-state index contributed by atoms with van der Waals surface area (Å²) in [5, 5.41) is 2.48. The van der Waals surface area contributed by atoms with Gasteiger partial charge in [0.15, 0.2) is 11.6 Å². The molecule has 0 saturated carbocycles. The van der Waals surface area contributed by atoms with Crippen molar-refractivity contribution in [3.8, 4) is 5.75 Å². The highest BCUT2D eigenvalue weighted by atomic mass is 19.4. The molecule has 0 unspecified atom stereocenters. The Morgan fingerprint density at radius 3 is 2.32 bits per heavy atom. The molecule has 8 heteroatoms. The van der Waals surface area contributed by atoms with Gasteiger partial charge in [-0.25, -0.2) is 9.18 Å². The molecule has 2 amide bonds. The minimum atomic E-state index is -4.43. The first-order valence-electron chi connectivity index (χ1n) is 7.22. The van der Waals surface area contributed by atoms with E-state index in [1.807, 2.05) is 0 Å². The molecule has 0 bridgehead atoms. The summed E-state index contributed by atoms with van der Waals surface area (Å²) < 4.78 is 56.0. The van der Waals surface area contributed by atoms with Crippen molar-refractivity contribution in [1.82, 2.24) is 4.90 Å². The number of anilines is 1. The number of halogens is 4. The molecular formula is C17H16F4N2O2. The zero-order valence-electron chi connectivity index (χ0n) is 13.5. The van der Waals surface area contributed by atoms with E-state index in [4.69, 9.17) is 4.74 Å². The topological polar surface area (TPSA) is 41.6 Å². The van der Waals surface area contributed by atoms with Gasteiger partial charge in [-0.1, -0.05) is 6.07 Å². The molecule has 0 heterocycles. The highest BCUT2D eigenvalue weighted by Gasteiger charge is 2.30. The fourth-order valence-corrected chi connectivity index (χ4v) is 2.12. The molecule has 2 aromatic carbocycles. The highest BCUT2D eigenvalue weighted by molar-refractivity contribution is 5.89. The van der Waals surface area contributed by atoms with Crippen LogP contribution in [0, 0.1) is 5.82 Å². The van der Waals surface area contributed by atoms with E-state index in [1.54, 1.807) is 6.07 Å². The second-order valence-corrected chi connectivity index (χ2v) is 5.33. The van der Waals surface area contributed by atoms with E-state index in [0.29, 0.717) is 5.56 Å². The van der Waals surface area contributed by atoms with Gasteiger partial charge in [-0.15, -0.1) is 0 Å². The molecule has 0 aliphatic carbocycles. The van der Waals surface area contributed by atoms with Crippen LogP contribution in [0.25, 0.3) is 0 Å². The molecule has 2 rings (SSSR count). The Kier molecular flexibility index (Phi) is 5.51. The Morgan fingerprint density at radius 2 is 1.80 bits per heavy atom. The molecule has 0 spiro atoms. The Labute approximate surface area is 142 Å². The third-order valence-corrected chi connectivity index (χ3v) is 3.45. The summed E-state index contributed by atoms with van der Waals surface area (Å²) >= 11 is 0. The van der Waals surface area contributed by atoms with Crippen LogP contribution in [-0.2, 0) is 12.7 Å². The van der Waals surface area contributed by atoms with Crippen LogP contribution in [0.3, 0.4) is 0 Å². The highest BCUT2D eigenvalue weighted by Crippen LogP contribution is 2.29. The number of methoxy groups -OCH3 is 1. The average molecular weight is 356 g/mol. The first kappa shape index (κ1) is 18.6. The molecule has 0 fully saturated rings. The van der Waals surface area contributed by atoms with Crippen LogP contribution in [0.5, 0.6) is 5.75 Å². The summed E-state index contributed by atoms with van der Waals surface area (Å²) in [7, 11) is 2.84. The van der Waals surface area contributed by atoms with Crippen LogP contribution in [-0.4, -0.2) is 25.1 Å². The molecule has 0 aliphatic rings. The van der Waals surface area contributed by atoms with Crippen LogP contribution in [0.2, 0.25) is 0 Å². The zero-order valence-corrected chi connectivity index (χ0v) is 13.5. The van der Waals surface area contributed by atoms with Crippen molar-refractivity contribution >= 4 is 11.7 Å². The molecule has 0 saturated heterocycles. The van der Waals surface area contributed by atoms with E-state index < -0.39 is 23.6 Å². The monoisotopic (exact) mass is 356 g/mol. The number of amides is 2. The van der Waals surface area contributed by atoms with Gasteiger partial charge < -0.3 is 15.0 Å². The summed E-state index contributed by atoms with van der Waals surface area (Å²) in [5.74, 6) is -0.447. The fraction of sp³-hybridized carbons (Fsp3) is 0.235. The van der Waals surface area contributed by atoms with Gasteiger partial charge >= 0.3 is 12.2 Å². The van der Waals surface area contributed by atoms with E-state index in [1.165, 1.54) is 43.3 Å². The number of hydrogen-bond donors (Lipinski definition) is 1. The van der Waals surface area contributed by atoms with Crippen molar-refractivity contribution in [2.75, 3.05) is 19.5 Å². The van der Waals surface area contributed by atoms with Gasteiger partial charge in [-0.2, -0.15) is 13.2 Å². The number of hydrogen-bond acceptors (Lipinski definition) is 2. The lowest BCUT2D eigenvalue weighted by Crippen LogP contribution is -2.30. The molecule has 134 valence electrons. The van der Waals surface area contributed by atoms with Crippen LogP contribution in [0.4, 0.5) is 28.0 Å². The maximum atomic E-state index is 13.6. The van der Waals surface area contributed by atoms with Crippen LogP contribution in [0.1, 0.15) is 11.1 Å². The van der Waals surface area contributed by atoms with Gasteiger partial charge in [-0.05, 0) is 42.0 Å². The van der Waals surface area contributed by atoms with E-state index in [9.17, 15) is 22.4 Å². The number of rotatable bonds is 4. The number of carbonyl (C=O) groups excluding carboxylic acids is 1. The second kappa shape index (κ2) is 7.42. The predicted molar refractivity (Wildman–Crippen MR) is 84.9 cm³/mol. The zero-order chi connectivity index (χ0) is 18.6. The first-order chi connectivity index (χ1) is 11.7. The summed E-state index contributed by atoms with van der Waals surface area (Å²) in [6.07, 6.45) is -4.43. The average Bonchev–Trinajstić information content (AvgIpc) is 2.54. The Balaban J connectivity index is 1.99. The maximum absolute atomic E-state index is 13.6. The van der Waals surface area contributed by atoms with Gasteiger partial charge in [0.1, 0.15) is 0 Å². The van der Waals surface area contributed by atoms with Gasteiger partial charge in [-0.3, -0.25) is 0 Å². The summed E-state index contributed by atoms with van der Waals surface area (Å²) in [6.45, 7) is 0.118. The fourth-order valence-electron chi connectivity index (χ4n) is 2.12. The lowest BCUT2D eigenvalue weighted by atomic mass is 10.2. The Bertz CT molecular complexity index is 745. The normalized spacial score (nSPS) is 11.1. The number of ether oxygens (including phenoxy) is 1. The standard InChI is InChI=1S/C17H16F4N2O2/c1-23(10-11-3-8-15(25-2)14(18)9-11)16(24)22-13-6-4-12(5-7-13)17(19,20)21/h3-9H,10H2,1-2H3,(H,22,24). The maximum Gasteiger partial charge on any atom is 0.416 e. The van der Waals surface area contributed by atoms with Gasteiger partial charge in [0.05, 0.1) is 12.7 Å². The third kappa shape index (κ3) is 4.85. The number of nitrogens with one attached hydrogen (secondary N) is 1. The first-order valence-corrected chi connectivity index (χ1v) is 7.22. The summed E-state index contributed by atoms with van der Waals surface area (Å²) in [5.41, 5.74) is -0.0262. The van der Waals surface area contributed by atoms with Crippen molar-refractivity contribution in [2.45, 2.75) is 12.7 Å². The van der Waals surface area contributed by atoms with Crippen LogP contribution < -0.4 is 10.1 Å². The molecule has 25 heavy (non-hydrogen) atoms. The van der Waals surface area contributed by atoms with E-state index in [0.717, 1.165) is 12.1 Å². The second-order valence-electron chi connectivity index (χ2n) is 5.33. The summed E-state index contributed by atoms with van der Waals surface area (Å²) in [4.78, 5) is 13.4. The van der Waals surface area contributed by atoms with Crippen LogP contribution in [0.15, 0.2) is 42.5 Å². The molecule has 0 aromatic heterocycles. The Hall–Kier alpha value is -2.77. The molecule has 0 atom stereocenters. The molecule has 0 radical (unpaired) electrons. The SMILES string of the molecule is COc1ccc(CN(C)C(=O)Nc2ccc(C(F)(F)F)cc2)cc1F. The Morgan fingerprint density at radius 1 is 1.16 bits per heavy atom. The molecular weight excluding hydrogens is 340 g/mol. The van der Waals surface area contributed by atoms with Crippen molar-refractivity contribution in [2.24, 2.45) is 0 Å². The number of alkyl halides is 3. The van der Waals surface area contributed by atoms with Gasteiger partial charge in [0, 0.05) is 19.3 Å². The lowest BCUT2D eigenvalue weighted by Gasteiger charge is -2.18. The molecule has 4 nitrogen and oxygen atoms in total. The minimum absolute atomic E-state index is 0.0978. The van der Waals surface area contributed by atoms with Gasteiger partial charge in [0.2, 0.25) is 0 Å². The largest absolute Gasteiger partial charge is 0.494 e. The minimum Gasteiger partial charge on any atom is -0.494 e. The number of nitrogens with zero attached hydrogens (tertiary/aromatic N) is 1. The smallest absolute Gasteiger partial charge is 0.416 e. The van der Waals surface area contributed by atoms with E-state index in [-0.39, 0.29) is 18.0 Å². The van der Waals surface area contributed by atoms with Crippen molar-refractivity contribution < 1.29 is 27.1 Å². The predicted octanol–water partition coefficient (Wildman–Crippen LogP) is 4.52. The number of benzene rings is 2. The van der Waals surface area contributed by atoms with E-state index in [2.05, 4.69) is 5.32 Å². The number of urea groups is 1. The quantitative estimate of drug-likeness (QED) is 0.819. The summed E-state index contributed by atoms with van der Waals surface area (Å²) in [6, 6.07) is 7.89. The molecule has 2 aromatic rings. The molecule has 1 N–H and O–H groups in total. The van der Waals surface area contributed by atoms with E-state index >= 15 is 0 Å². The van der Waals surface area contributed by atoms with Crippen LogP contribution >= 0.6 is 0 Å². The van der Waals surface area contributed by atoms with Gasteiger partial charge in [0.25, 0.3) is 0 Å². The van der Waals surface area contributed by atoms with Crippen molar-refractivity contribution in [1.29, 1.82) is 0 Å².